The van der Waals surface area contributed by atoms with Crippen LogP contribution in [0, 0.1) is 12.8 Å². The third-order valence-electron chi connectivity index (χ3n) is 3.32. The summed E-state index contributed by atoms with van der Waals surface area (Å²) < 4.78 is 38.2. The lowest BCUT2D eigenvalue weighted by Gasteiger charge is -2.13. The minimum atomic E-state index is -4.34. The Balaban J connectivity index is 2.55. The second-order valence-corrected chi connectivity index (χ2v) is 5.20. The highest BCUT2D eigenvalue weighted by Crippen LogP contribution is 2.32. The van der Waals surface area contributed by atoms with Crippen molar-refractivity contribution < 1.29 is 13.2 Å². The van der Waals surface area contributed by atoms with Gasteiger partial charge in [-0.15, -0.1) is 0 Å². The molecule has 0 aliphatic carbocycles. The molecule has 0 amide bonds. The summed E-state index contributed by atoms with van der Waals surface area (Å²) in [5.41, 5.74) is 7.06. The molecule has 20 heavy (non-hydrogen) atoms. The first-order valence-electron chi connectivity index (χ1n) is 6.49. The Hall–Kier alpha value is -1.62. The van der Waals surface area contributed by atoms with E-state index in [1.807, 2.05) is 13.0 Å². The number of pyridine rings is 1. The number of rotatable bonds is 3. The van der Waals surface area contributed by atoms with Crippen LogP contribution < -0.4 is 5.73 Å². The van der Waals surface area contributed by atoms with Crippen LogP contribution in [0.2, 0.25) is 0 Å². The summed E-state index contributed by atoms with van der Waals surface area (Å²) in [5, 5.41) is 0.768. The fourth-order valence-corrected chi connectivity index (χ4v) is 2.25. The van der Waals surface area contributed by atoms with Crippen LogP contribution in [0.25, 0.3) is 10.9 Å². The van der Waals surface area contributed by atoms with E-state index >= 15 is 0 Å². The number of hydrogen-bond donors (Lipinski definition) is 1. The van der Waals surface area contributed by atoms with Crippen molar-refractivity contribution >= 4 is 10.9 Å². The number of nitrogens with zero attached hydrogens (tertiary/aromatic N) is 1. The Bertz CT molecular complexity index is 620. The lowest BCUT2D eigenvalue weighted by Crippen LogP contribution is -2.13. The van der Waals surface area contributed by atoms with Gasteiger partial charge in [0.1, 0.15) is 0 Å². The van der Waals surface area contributed by atoms with E-state index in [-0.39, 0.29) is 5.92 Å². The summed E-state index contributed by atoms with van der Waals surface area (Å²) in [7, 11) is 0. The summed E-state index contributed by atoms with van der Waals surface area (Å²) in [6.07, 6.45) is -3.61. The van der Waals surface area contributed by atoms with Crippen LogP contribution in [0.15, 0.2) is 24.3 Å². The Morgan fingerprint density at radius 3 is 2.55 bits per heavy atom. The average Bonchev–Trinajstić information content (AvgIpc) is 2.36. The molecule has 1 atom stereocenters. The second-order valence-electron chi connectivity index (χ2n) is 5.20. The monoisotopic (exact) mass is 282 g/mol. The fourth-order valence-electron chi connectivity index (χ4n) is 2.25. The first kappa shape index (κ1) is 14.8. The minimum Gasteiger partial charge on any atom is -0.330 e. The zero-order chi connectivity index (χ0) is 14.9. The van der Waals surface area contributed by atoms with Crippen molar-refractivity contribution in [1.82, 2.24) is 4.98 Å². The molecule has 2 nitrogen and oxygen atoms in total. The standard InChI is InChI=1S/C15H17F3N2/c1-9(8-19)5-11-6-10(2)20-14-7-12(15(16,17)18)3-4-13(11)14/h3-4,6-7,9H,5,8,19H2,1-2H3. The highest BCUT2D eigenvalue weighted by atomic mass is 19.4. The molecule has 5 heteroatoms. The predicted octanol–water partition coefficient (Wildman–Crippen LogP) is 3.70. The molecule has 1 aromatic carbocycles. The lowest BCUT2D eigenvalue weighted by atomic mass is 9.96. The van der Waals surface area contributed by atoms with Gasteiger partial charge in [-0.3, -0.25) is 4.98 Å². The number of halogens is 3. The molecule has 0 fully saturated rings. The molecule has 0 radical (unpaired) electrons. The van der Waals surface area contributed by atoms with Crippen LogP contribution in [0.5, 0.6) is 0 Å². The molecule has 1 heterocycles. The third-order valence-corrected chi connectivity index (χ3v) is 3.32. The van der Waals surface area contributed by atoms with E-state index < -0.39 is 11.7 Å². The first-order valence-corrected chi connectivity index (χ1v) is 6.49. The molecule has 0 spiro atoms. The predicted molar refractivity (Wildman–Crippen MR) is 73.4 cm³/mol. The fraction of sp³-hybridized carbons (Fsp3) is 0.400. The van der Waals surface area contributed by atoms with Crippen molar-refractivity contribution in [3.8, 4) is 0 Å². The summed E-state index contributed by atoms with van der Waals surface area (Å²) in [4.78, 5) is 4.21. The van der Waals surface area contributed by atoms with Crippen LogP contribution in [-0.2, 0) is 12.6 Å². The van der Waals surface area contributed by atoms with E-state index in [1.165, 1.54) is 6.07 Å². The molecule has 2 rings (SSSR count). The average molecular weight is 282 g/mol. The molecule has 1 unspecified atom stereocenters. The van der Waals surface area contributed by atoms with Gasteiger partial charge >= 0.3 is 6.18 Å². The second kappa shape index (κ2) is 5.40. The summed E-state index contributed by atoms with van der Waals surface area (Å²) >= 11 is 0. The quantitative estimate of drug-likeness (QED) is 0.932. The molecule has 108 valence electrons. The SMILES string of the molecule is Cc1cc(CC(C)CN)c2ccc(C(F)(F)F)cc2n1. The van der Waals surface area contributed by atoms with E-state index in [2.05, 4.69) is 4.98 Å². The highest BCUT2D eigenvalue weighted by Gasteiger charge is 2.30. The summed E-state index contributed by atoms with van der Waals surface area (Å²) in [6, 6.07) is 5.64. The lowest BCUT2D eigenvalue weighted by molar-refractivity contribution is -0.137. The van der Waals surface area contributed by atoms with Crippen molar-refractivity contribution in [3.05, 3.63) is 41.1 Å². The first-order chi connectivity index (χ1) is 9.31. The number of benzene rings is 1. The Kier molecular flexibility index (Phi) is 3.99. The Labute approximate surface area is 115 Å². The Morgan fingerprint density at radius 2 is 1.95 bits per heavy atom. The van der Waals surface area contributed by atoms with Gasteiger partial charge in [-0.05, 0) is 49.6 Å². The number of alkyl halides is 3. The van der Waals surface area contributed by atoms with Crippen molar-refractivity contribution in [1.29, 1.82) is 0 Å². The van der Waals surface area contributed by atoms with Gasteiger partial charge in [0.25, 0.3) is 0 Å². The third kappa shape index (κ3) is 3.10. The number of nitrogens with two attached hydrogens (primary N) is 1. The normalized spacial score (nSPS) is 13.7. The van der Waals surface area contributed by atoms with Gasteiger partial charge in [-0.25, -0.2) is 0 Å². The molecule has 0 aliphatic heterocycles. The molecule has 1 aromatic heterocycles. The van der Waals surface area contributed by atoms with Crippen molar-refractivity contribution in [2.75, 3.05) is 6.54 Å². The number of fused-ring (bicyclic) bond motifs is 1. The van der Waals surface area contributed by atoms with Gasteiger partial charge in [0.05, 0.1) is 11.1 Å². The number of hydrogen-bond acceptors (Lipinski definition) is 2. The largest absolute Gasteiger partial charge is 0.416 e. The molecular formula is C15H17F3N2. The highest BCUT2D eigenvalue weighted by molar-refractivity contribution is 5.83. The maximum Gasteiger partial charge on any atom is 0.416 e. The van der Waals surface area contributed by atoms with Gasteiger partial charge in [-0.2, -0.15) is 13.2 Å². The summed E-state index contributed by atoms with van der Waals surface area (Å²) in [6.45, 7) is 4.35. The van der Waals surface area contributed by atoms with Gasteiger partial charge in [0.2, 0.25) is 0 Å². The zero-order valence-electron chi connectivity index (χ0n) is 11.5. The van der Waals surface area contributed by atoms with E-state index in [4.69, 9.17) is 5.73 Å². The van der Waals surface area contributed by atoms with Gasteiger partial charge in [0, 0.05) is 11.1 Å². The maximum absolute atomic E-state index is 12.7. The Morgan fingerprint density at radius 1 is 1.25 bits per heavy atom. The van der Waals surface area contributed by atoms with Crippen LogP contribution in [0.4, 0.5) is 13.2 Å². The molecule has 0 saturated carbocycles. The summed E-state index contributed by atoms with van der Waals surface area (Å²) in [5.74, 6) is 0.280. The van der Waals surface area contributed by atoms with E-state index in [0.717, 1.165) is 35.2 Å². The van der Waals surface area contributed by atoms with Crippen LogP contribution in [0.3, 0.4) is 0 Å². The van der Waals surface area contributed by atoms with Crippen molar-refractivity contribution in [2.45, 2.75) is 26.4 Å². The van der Waals surface area contributed by atoms with E-state index in [0.29, 0.717) is 12.1 Å². The molecule has 2 aromatic rings. The van der Waals surface area contributed by atoms with Crippen LogP contribution in [-0.4, -0.2) is 11.5 Å². The van der Waals surface area contributed by atoms with E-state index in [1.54, 1.807) is 6.92 Å². The molecule has 0 bridgehead atoms. The molecule has 0 saturated heterocycles. The van der Waals surface area contributed by atoms with Gasteiger partial charge in [0.15, 0.2) is 0 Å². The van der Waals surface area contributed by atoms with Crippen LogP contribution >= 0.6 is 0 Å². The molecule has 0 aliphatic rings. The van der Waals surface area contributed by atoms with Crippen LogP contribution in [0.1, 0.15) is 23.7 Å². The molecular weight excluding hydrogens is 265 g/mol. The number of aryl methyl sites for hydroxylation is 1. The van der Waals surface area contributed by atoms with Gasteiger partial charge < -0.3 is 5.73 Å². The number of aromatic nitrogens is 1. The smallest absolute Gasteiger partial charge is 0.330 e. The molecule has 2 N–H and O–H groups in total. The maximum atomic E-state index is 12.7. The van der Waals surface area contributed by atoms with Crippen molar-refractivity contribution in [2.24, 2.45) is 11.7 Å². The topological polar surface area (TPSA) is 38.9 Å². The van der Waals surface area contributed by atoms with Gasteiger partial charge in [-0.1, -0.05) is 13.0 Å². The minimum absolute atomic E-state index is 0.280. The van der Waals surface area contributed by atoms with Crippen molar-refractivity contribution in [3.63, 3.8) is 0 Å². The zero-order valence-corrected chi connectivity index (χ0v) is 11.5. The van der Waals surface area contributed by atoms with E-state index in [9.17, 15) is 13.2 Å².